The lowest BCUT2D eigenvalue weighted by Crippen LogP contribution is -2.44. The molecule has 1 saturated heterocycles. The van der Waals surface area contributed by atoms with E-state index in [1.165, 1.54) is 0 Å². The summed E-state index contributed by atoms with van der Waals surface area (Å²) in [6.07, 6.45) is 1.72. The van der Waals surface area contributed by atoms with Gasteiger partial charge in [-0.05, 0) is 11.4 Å². The Morgan fingerprint density at radius 1 is 1.53 bits per heavy atom. The molecular weight excluding hydrogens is 282 g/mol. The van der Waals surface area contributed by atoms with E-state index in [1.807, 2.05) is 11.4 Å². The predicted molar refractivity (Wildman–Crippen MR) is 78.1 cm³/mol. The van der Waals surface area contributed by atoms with E-state index in [0.717, 1.165) is 34.1 Å². The van der Waals surface area contributed by atoms with Gasteiger partial charge in [0.1, 0.15) is 17.0 Å². The first-order valence-corrected chi connectivity index (χ1v) is 8.03. The Morgan fingerprint density at radius 2 is 2.42 bits per heavy atom. The number of nitrogens with zero attached hydrogens (tertiary/aromatic N) is 3. The van der Waals surface area contributed by atoms with E-state index >= 15 is 0 Å². The van der Waals surface area contributed by atoms with Gasteiger partial charge in [0.25, 0.3) is 0 Å². The molecule has 5 nitrogen and oxygen atoms in total. The van der Waals surface area contributed by atoms with Gasteiger partial charge in [0.15, 0.2) is 0 Å². The van der Waals surface area contributed by atoms with Gasteiger partial charge in [-0.3, -0.25) is 4.79 Å². The Hall–Kier alpha value is -1.34. The summed E-state index contributed by atoms with van der Waals surface area (Å²) in [4.78, 5) is 22.7. The van der Waals surface area contributed by atoms with Gasteiger partial charge in [0, 0.05) is 24.1 Å². The van der Waals surface area contributed by atoms with Crippen molar-refractivity contribution in [3.63, 3.8) is 0 Å². The van der Waals surface area contributed by atoms with Crippen molar-refractivity contribution in [3.05, 3.63) is 17.8 Å². The molecular formula is C12H13N3O2S2. The molecule has 1 aliphatic rings. The lowest BCUT2D eigenvalue weighted by molar-refractivity contribution is -0.137. The van der Waals surface area contributed by atoms with Crippen molar-refractivity contribution in [3.8, 4) is 0 Å². The summed E-state index contributed by atoms with van der Waals surface area (Å²) in [5, 5.41) is 12.1. The molecule has 100 valence electrons. The number of hydrogen-bond acceptors (Lipinski definition) is 6. The highest BCUT2D eigenvalue weighted by Gasteiger charge is 2.27. The molecule has 0 aliphatic carbocycles. The fourth-order valence-electron chi connectivity index (χ4n) is 2.31. The van der Waals surface area contributed by atoms with Crippen molar-refractivity contribution in [2.75, 3.05) is 23.0 Å². The van der Waals surface area contributed by atoms with Gasteiger partial charge < -0.3 is 10.0 Å². The van der Waals surface area contributed by atoms with Crippen LogP contribution in [0.5, 0.6) is 0 Å². The summed E-state index contributed by atoms with van der Waals surface area (Å²) in [5.41, 5.74) is 0. The zero-order valence-electron chi connectivity index (χ0n) is 10.2. The summed E-state index contributed by atoms with van der Waals surface area (Å²) in [6, 6.07) is 2.02. The van der Waals surface area contributed by atoms with E-state index in [1.54, 1.807) is 29.4 Å². The fourth-order valence-corrected chi connectivity index (χ4v) is 4.10. The zero-order valence-corrected chi connectivity index (χ0v) is 11.8. The van der Waals surface area contributed by atoms with Crippen molar-refractivity contribution in [2.45, 2.75) is 12.5 Å². The van der Waals surface area contributed by atoms with Gasteiger partial charge in [0.05, 0.1) is 11.8 Å². The van der Waals surface area contributed by atoms with Crippen molar-refractivity contribution in [2.24, 2.45) is 0 Å². The molecule has 7 heteroatoms. The van der Waals surface area contributed by atoms with Crippen LogP contribution in [0.2, 0.25) is 0 Å². The highest BCUT2D eigenvalue weighted by atomic mass is 32.2. The number of carbonyl (C=O) groups is 1. The number of anilines is 1. The maximum Gasteiger partial charge on any atom is 0.305 e. The Kier molecular flexibility index (Phi) is 3.56. The van der Waals surface area contributed by atoms with Crippen molar-refractivity contribution < 1.29 is 9.90 Å². The van der Waals surface area contributed by atoms with Crippen LogP contribution in [-0.4, -0.2) is 45.1 Å². The molecule has 3 rings (SSSR count). The first kappa shape index (κ1) is 12.7. The van der Waals surface area contributed by atoms with E-state index in [9.17, 15) is 4.79 Å². The Bertz CT molecular complexity index is 601. The molecule has 2 aromatic rings. The molecule has 0 bridgehead atoms. The zero-order chi connectivity index (χ0) is 13.2. The Morgan fingerprint density at radius 3 is 3.26 bits per heavy atom. The molecule has 0 amide bonds. The Labute approximate surface area is 118 Å². The third-order valence-corrected chi connectivity index (χ3v) is 5.06. The standard InChI is InChI=1S/C12H13N3O2S2/c16-10(17)5-8-6-18-4-2-15(8)11-9-1-3-19-12(9)14-7-13-11/h1,3,7-8H,2,4-6H2,(H,16,17). The molecule has 0 spiro atoms. The lowest BCUT2D eigenvalue weighted by atomic mass is 10.2. The quantitative estimate of drug-likeness (QED) is 0.935. The number of hydrogen-bond donors (Lipinski definition) is 1. The van der Waals surface area contributed by atoms with Crippen LogP contribution in [-0.2, 0) is 4.79 Å². The topological polar surface area (TPSA) is 66.3 Å². The second-order valence-corrected chi connectivity index (χ2v) is 6.40. The van der Waals surface area contributed by atoms with Crippen LogP contribution in [0.4, 0.5) is 5.82 Å². The number of thiophene rings is 1. The number of fused-ring (bicyclic) bond motifs is 1. The number of carboxylic acids is 1. The van der Waals surface area contributed by atoms with E-state index in [4.69, 9.17) is 5.11 Å². The van der Waals surface area contributed by atoms with E-state index in [-0.39, 0.29) is 12.5 Å². The minimum absolute atomic E-state index is 0.00856. The number of thioether (sulfide) groups is 1. The first-order valence-electron chi connectivity index (χ1n) is 6.00. The molecule has 0 saturated carbocycles. The van der Waals surface area contributed by atoms with Gasteiger partial charge in [-0.1, -0.05) is 0 Å². The highest BCUT2D eigenvalue weighted by Crippen LogP contribution is 2.31. The number of carboxylic acid groups (broad SMARTS) is 1. The SMILES string of the molecule is O=C(O)CC1CSCCN1c1ncnc2sccc12. The smallest absolute Gasteiger partial charge is 0.305 e. The van der Waals surface area contributed by atoms with Crippen LogP contribution < -0.4 is 4.90 Å². The number of aliphatic carboxylic acids is 1. The maximum absolute atomic E-state index is 11.0. The Balaban J connectivity index is 1.97. The molecule has 1 fully saturated rings. The van der Waals surface area contributed by atoms with Crippen molar-refractivity contribution in [1.29, 1.82) is 0 Å². The number of rotatable bonds is 3. The second-order valence-electron chi connectivity index (χ2n) is 4.36. The van der Waals surface area contributed by atoms with E-state index in [2.05, 4.69) is 14.9 Å². The molecule has 0 aromatic carbocycles. The summed E-state index contributed by atoms with van der Waals surface area (Å²) >= 11 is 3.39. The third kappa shape index (κ3) is 2.52. The van der Waals surface area contributed by atoms with Gasteiger partial charge in [-0.15, -0.1) is 11.3 Å². The van der Waals surface area contributed by atoms with Crippen LogP contribution in [0.3, 0.4) is 0 Å². The van der Waals surface area contributed by atoms with Crippen molar-refractivity contribution in [1.82, 2.24) is 9.97 Å². The average molecular weight is 295 g/mol. The molecule has 3 heterocycles. The minimum Gasteiger partial charge on any atom is -0.481 e. The molecule has 1 N–H and O–H groups in total. The maximum atomic E-state index is 11.0. The highest BCUT2D eigenvalue weighted by molar-refractivity contribution is 7.99. The summed E-state index contributed by atoms with van der Waals surface area (Å²) in [6.45, 7) is 0.838. The number of aromatic nitrogens is 2. The molecule has 19 heavy (non-hydrogen) atoms. The average Bonchev–Trinajstić information content (AvgIpc) is 2.87. The van der Waals surface area contributed by atoms with Crippen LogP contribution >= 0.6 is 23.1 Å². The van der Waals surface area contributed by atoms with Crippen LogP contribution in [0.25, 0.3) is 10.2 Å². The normalized spacial score (nSPS) is 19.8. The van der Waals surface area contributed by atoms with Gasteiger partial charge in [-0.25, -0.2) is 9.97 Å². The van der Waals surface area contributed by atoms with Crippen LogP contribution in [0, 0.1) is 0 Å². The first-order chi connectivity index (χ1) is 9.25. The van der Waals surface area contributed by atoms with Gasteiger partial charge >= 0.3 is 5.97 Å². The van der Waals surface area contributed by atoms with Crippen molar-refractivity contribution >= 4 is 45.1 Å². The summed E-state index contributed by atoms with van der Waals surface area (Å²) in [5.74, 6) is 1.96. The van der Waals surface area contributed by atoms with E-state index in [0.29, 0.717) is 0 Å². The predicted octanol–water partition coefficient (Wildman–Crippen LogP) is 2.09. The summed E-state index contributed by atoms with van der Waals surface area (Å²) in [7, 11) is 0. The monoisotopic (exact) mass is 295 g/mol. The fraction of sp³-hybridized carbons (Fsp3) is 0.417. The molecule has 1 aliphatic heterocycles. The second kappa shape index (κ2) is 5.34. The van der Waals surface area contributed by atoms with Gasteiger partial charge in [-0.2, -0.15) is 11.8 Å². The minimum atomic E-state index is -0.756. The molecule has 2 aromatic heterocycles. The van der Waals surface area contributed by atoms with E-state index < -0.39 is 5.97 Å². The van der Waals surface area contributed by atoms with Crippen LogP contribution in [0.15, 0.2) is 17.8 Å². The lowest BCUT2D eigenvalue weighted by Gasteiger charge is -2.35. The summed E-state index contributed by atoms with van der Waals surface area (Å²) < 4.78 is 0. The molecule has 0 radical (unpaired) electrons. The third-order valence-electron chi connectivity index (χ3n) is 3.15. The molecule has 1 atom stereocenters. The molecule has 1 unspecified atom stereocenters. The largest absolute Gasteiger partial charge is 0.481 e. The van der Waals surface area contributed by atoms with Gasteiger partial charge in [0.2, 0.25) is 0 Å². The van der Waals surface area contributed by atoms with Crippen LogP contribution in [0.1, 0.15) is 6.42 Å².